The summed E-state index contributed by atoms with van der Waals surface area (Å²) in [7, 11) is 3.61. The van der Waals surface area contributed by atoms with Crippen molar-refractivity contribution in [1.29, 1.82) is 0 Å². The van der Waals surface area contributed by atoms with Gasteiger partial charge in [0.05, 0.1) is 25.9 Å². The molecule has 21 heavy (non-hydrogen) atoms. The van der Waals surface area contributed by atoms with Crippen molar-refractivity contribution in [3.63, 3.8) is 0 Å². The van der Waals surface area contributed by atoms with Crippen LogP contribution in [0, 0.1) is 5.92 Å². The molecule has 0 radical (unpaired) electrons. The molecule has 0 aromatic carbocycles. The zero-order chi connectivity index (χ0) is 15.4. The molecule has 1 aliphatic heterocycles. The zero-order valence-electron chi connectivity index (χ0n) is 13.5. The first kappa shape index (κ1) is 15.7. The maximum absolute atomic E-state index is 5.43. The second kappa shape index (κ2) is 6.85. The van der Waals surface area contributed by atoms with Gasteiger partial charge in [0, 0.05) is 32.4 Å². The largest absolute Gasteiger partial charge is 0.480 e. The van der Waals surface area contributed by atoms with Crippen molar-refractivity contribution >= 4 is 5.82 Å². The summed E-state index contributed by atoms with van der Waals surface area (Å²) >= 11 is 0. The van der Waals surface area contributed by atoms with Crippen LogP contribution < -0.4 is 15.0 Å². The molecular weight excluding hydrogens is 268 g/mol. The fourth-order valence-electron chi connectivity index (χ4n) is 2.43. The first-order valence-electron chi connectivity index (χ1n) is 7.39. The Bertz CT molecular complexity index is 490. The summed E-state index contributed by atoms with van der Waals surface area (Å²) in [6, 6.07) is 0. The van der Waals surface area contributed by atoms with E-state index in [1.807, 2.05) is 11.7 Å². The van der Waals surface area contributed by atoms with Gasteiger partial charge in [-0.05, 0) is 5.92 Å². The normalized spacial score (nSPS) is 15.4. The lowest BCUT2D eigenvalue weighted by Gasteiger charge is -2.29. The average Bonchev–Trinajstić information content (AvgIpc) is 2.81. The molecule has 1 aliphatic rings. The summed E-state index contributed by atoms with van der Waals surface area (Å²) in [5.41, 5.74) is 2.09. The van der Waals surface area contributed by atoms with Crippen LogP contribution in [0.25, 0.3) is 0 Å². The predicted octanol–water partition coefficient (Wildman–Crippen LogP) is 1.52. The molecule has 1 aromatic rings. The molecule has 0 atom stereocenters. The van der Waals surface area contributed by atoms with Crippen LogP contribution in [0.1, 0.15) is 19.4 Å². The quantitative estimate of drug-likeness (QED) is 0.862. The zero-order valence-corrected chi connectivity index (χ0v) is 13.5. The summed E-state index contributed by atoms with van der Waals surface area (Å²) in [4.78, 5) is 2.30. The number of nitrogens with one attached hydrogen (secondary N) is 1. The first-order chi connectivity index (χ1) is 10.0. The number of rotatable bonds is 6. The molecule has 0 unspecified atom stereocenters. The summed E-state index contributed by atoms with van der Waals surface area (Å²) in [6.45, 7) is 12.2. The standard InChI is InChI=1S/C15H26N4O2/c1-11(2)12(3)16-10-13-14(20-5)17-18(4)15(13)19-6-8-21-9-7-19/h11,16H,3,6-10H2,1-2,4-5H3. The van der Waals surface area contributed by atoms with Gasteiger partial charge in [-0.2, -0.15) is 0 Å². The van der Waals surface area contributed by atoms with Crippen molar-refractivity contribution in [1.82, 2.24) is 15.1 Å². The fourth-order valence-corrected chi connectivity index (χ4v) is 2.43. The van der Waals surface area contributed by atoms with Gasteiger partial charge in [-0.15, -0.1) is 5.10 Å². The molecule has 1 fully saturated rings. The predicted molar refractivity (Wildman–Crippen MR) is 83.6 cm³/mol. The van der Waals surface area contributed by atoms with Gasteiger partial charge in [0.2, 0.25) is 5.88 Å². The highest BCUT2D eigenvalue weighted by Crippen LogP contribution is 2.29. The lowest BCUT2D eigenvalue weighted by molar-refractivity contribution is 0.122. The van der Waals surface area contributed by atoms with Gasteiger partial charge in [-0.1, -0.05) is 20.4 Å². The second-order valence-corrected chi connectivity index (χ2v) is 5.57. The van der Waals surface area contributed by atoms with Gasteiger partial charge < -0.3 is 19.7 Å². The van der Waals surface area contributed by atoms with Crippen LogP contribution in [-0.2, 0) is 18.3 Å². The minimum Gasteiger partial charge on any atom is -0.480 e. The molecule has 2 heterocycles. The molecule has 6 heteroatoms. The summed E-state index contributed by atoms with van der Waals surface area (Å²) in [5, 5.41) is 7.85. The van der Waals surface area contributed by atoms with Crippen molar-refractivity contribution in [2.45, 2.75) is 20.4 Å². The minimum atomic E-state index is 0.402. The number of methoxy groups -OCH3 is 1. The van der Waals surface area contributed by atoms with E-state index in [0.717, 1.165) is 43.4 Å². The number of allylic oxidation sites excluding steroid dienone is 1. The molecule has 0 saturated carbocycles. The number of ether oxygens (including phenoxy) is 2. The molecule has 1 aromatic heterocycles. The van der Waals surface area contributed by atoms with E-state index >= 15 is 0 Å². The Hall–Kier alpha value is -1.69. The monoisotopic (exact) mass is 294 g/mol. The van der Waals surface area contributed by atoms with Crippen LogP contribution in [0.3, 0.4) is 0 Å². The van der Waals surface area contributed by atoms with Crippen molar-refractivity contribution in [3.8, 4) is 5.88 Å². The number of hydrogen-bond donors (Lipinski definition) is 1. The molecule has 6 nitrogen and oxygen atoms in total. The lowest BCUT2D eigenvalue weighted by atomic mass is 10.1. The Morgan fingerprint density at radius 2 is 2.10 bits per heavy atom. The topological polar surface area (TPSA) is 51.5 Å². The molecule has 1 N–H and O–H groups in total. The van der Waals surface area contributed by atoms with Gasteiger partial charge in [-0.25, -0.2) is 4.68 Å². The van der Waals surface area contributed by atoms with Crippen molar-refractivity contribution in [3.05, 3.63) is 17.8 Å². The van der Waals surface area contributed by atoms with Crippen molar-refractivity contribution in [2.75, 3.05) is 38.3 Å². The van der Waals surface area contributed by atoms with E-state index in [1.54, 1.807) is 7.11 Å². The van der Waals surface area contributed by atoms with E-state index in [-0.39, 0.29) is 0 Å². The molecular formula is C15H26N4O2. The highest BCUT2D eigenvalue weighted by atomic mass is 16.5. The summed E-state index contributed by atoms with van der Waals surface area (Å²) in [6.07, 6.45) is 0. The van der Waals surface area contributed by atoms with Crippen LogP contribution in [0.2, 0.25) is 0 Å². The second-order valence-electron chi connectivity index (χ2n) is 5.57. The molecule has 0 bridgehead atoms. The number of nitrogens with zero attached hydrogens (tertiary/aromatic N) is 3. The molecule has 0 spiro atoms. The smallest absolute Gasteiger partial charge is 0.239 e. The highest BCUT2D eigenvalue weighted by molar-refractivity contribution is 5.53. The van der Waals surface area contributed by atoms with E-state index in [4.69, 9.17) is 9.47 Å². The van der Waals surface area contributed by atoms with Gasteiger partial charge in [0.1, 0.15) is 5.82 Å². The summed E-state index contributed by atoms with van der Waals surface area (Å²) < 4.78 is 12.8. The third-order valence-electron chi connectivity index (χ3n) is 3.77. The molecule has 118 valence electrons. The third-order valence-corrected chi connectivity index (χ3v) is 3.77. The molecule has 2 rings (SSSR count). The van der Waals surface area contributed by atoms with Crippen LogP contribution in [0.15, 0.2) is 12.3 Å². The van der Waals surface area contributed by atoms with Gasteiger partial charge in [-0.3, -0.25) is 0 Å². The minimum absolute atomic E-state index is 0.402. The average molecular weight is 294 g/mol. The van der Waals surface area contributed by atoms with E-state index in [1.165, 1.54) is 0 Å². The Morgan fingerprint density at radius 1 is 1.43 bits per heavy atom. The van der Waals surface area contributed by atoms with Gasteiger partial charge in [0.25, 0.3) is 0 Å². The van der Waals surface area contributed by atoms with Gasteiger partial charge >= 0.3 is 0 Å². The van der Waals surface area contributed by atoms with Crippen LogP contribution >= 0.6 is 0 Å². The molecule has 0 amide bonds. The number of aromatic nitrogens is 2. The molecule has 1 saturated heterocycles. The van der Waals surface area contributed by atoms with E-state index in [0.29, 0.717) is 18.3 Å². The van der Waals surface area contributed by atoms with Crippen LogP contribution in [0.4, 0.5) is 5.82 Å². The molecule has 0 aliphatic carbocycles. The van der Waals surface area contributed by atoms with Crippen LogP contribution in [0.5, 0.6) is 5.88 Å². The Balaban J connectivity index is 2.22. The highest BCUT2D eigenvalue weighted by Gasteiger charge is 2.23. The van der Waals surface area contributed by atoms with Crippen molar-refractivity contribution < 1.29 is 9.47 Å². The van der Waals surface area contributed by atoms with Crippen LogP contribution in [-0.4, -0.2) is 43.2 Å². The van der Waals surface area contributed by atoms with Gasteiger partial charge in [0.15, 0.2) is 0 Å². The van der Waals surface area contributed by atoms with Crippen molar-refractivity contribution in [2.24, 2.45) is 13.0 Å². The Morgan fingerprint density at radius 3 is 2.67 bits per heavy atom. The number of aryl methyl sites for hydroxylation is 1. The van der Waals surface area contributed by atoms with E-state index in [2.05, 4.69) is 35.7 Å². The SMILES string of the molecule is C=C(NCc1c(OC)nn(C)c1N1CCOCC1)C(C)C. The summed E-state index contributed by atoms with van der Waals surface area (Å²) in [5.74, 6) is 2.17. The number of morpholine rings is 1. The first-order valence-corrected chi connectivity index (χ1v) is 7.39. The number of anilines is 1. The third kappa shape index (κ3) is 3.50. The van der Waals surface area contributed by atoms with E-state index < -0.39 is 0 Å². The number of hydrogen-bond acceptors (Lipinski definition) is 5. The maximum atomic E-state index is 5.43. The van der Waals surface area contributed by atoms with E-state index in [9.17, 15) is 0 Å². The Kier molecular flexibility index (Phi) is 5.12. The maximum Gasteiger partial charge on any atom is 0.239 e. The lowest BCUT2D eigenvalue weighted by Crippen LogP contribution is -2.38. The fraction of sp³-hybridized carbons (Fsp3) is 0.667. The Labute approximate surface area is 126 Å².